The number of likely N-dealkylation sites (tertiary alicyclic amines) is 1. The van der Waals surface area contributed by atoms with Gasteiger partial charge >= 0.3 is 0 Å². The molecule has 0 radical (unpaired) electrons. The molecule has 0 aliphatic carbocycles. The van der Waals surface area contributed by atoms with Gasteiger partial charge in [-0.15, -0.1) is 0 Å². The van der Waals surface area contributed by atoms with Crippen molar-refractivity contribution in [2.45, 2.75) is 19.8 Å². The van der Waals surface area contributed by atoms with Crippen molar-refractivity contribution >= 4 is 17.3 Å². The first kappa shape index (κ1) is 12.5. The molecule has 1 saturated heterocycles. The first-order valence-corrected chi connectivity index (χ1v) is 5.19. The summed E-state index contributed by atoms with van der Waals surface area (Å²) in [5, 5.41) is 7.40. The van der Waals surface area contributed by atoms with E-state index in [1.54, 1.807) is 11.8 Å². The lowest BCUT2D eigenvalue weighted by Gasteiger charge is -2.15. The van der Waals surface area contributed by atoms with Gasteiger partial charge in [0.2, 0.25) is 0 Å². The van der Waals surface area contributed by atoms with Crippen LogP contribution in [0.1, 0.15) is 19.8 Å². The number of hydrogen-bond donors (Lipinski definition) is 0. The highest BCUT2D eigenvalue weighted by molar-refractivity contribution is 6.66. The van der Waals surface area contributed by atoms with Crippen molar-refractivity contribution in [2.24, 2.45) is 10.3 Å². The van der Waals surface area contributed by atoms with E-state index in [0.717, 1.165) is 25.9 Å². The fourth-order valence-electron chi connectivity index (χ4n) is 1.60. The highest BCUT2D eigenvalue weighted by atomic mass is 16.6. The lowest BCUT2D eigenvalue weighted by molar-refractivity contribution is -0.123. The molecule has 0 unspecified atom stereocenters. The predicted molar refractivity (Wildman–Crippen MR) is 60.4 cm³/mol. The molecular formula is C10H17N3O3. The number of rotatable bonds is 4. The summed E-state index contributed by atoms with van der Waals surface area (Å²) in [5.41, 5.74) is 0.618. The van der Waals surface area contributed by atoms with Crippen molar-refractivity contribution in [1.29, 1.82) is 0 Å². The molecule has 1 fully saturated rings. The minimum atomic E-state index is -0.155. The van der Waals surface area contributed by atoms with E-state index in [0.29, 0.717) is 5.71 Å². The molecule has 0 atom stereocenters. The van der Waals surface area contributed by atoms with Crippen molar-refractivity contribution in [3.05, 3.63) is 0 Å². The monoisotopic (exact) mass is 227 g/mol. The third-order valence-electron chi connectivity index (χ3n) is 2.35. The van der Waals surface area contributed by atoms with Gasteiger partial charge in [0, 0.05) is 13.1 Å². The Morgan fingerprint density at radius 3 is 2.19 bits per heavy atom. The van der Waals surface area contributed by atoms with Gasteiger partial charge in [-0.3, -0.25) is 4.79 Å². The van der Waals surface area contributed by atoms with Gasteiger partial charge in [-0.1, -0.05) is 10.3 Å². The Morgan fingerprint density at radius 1 is 1.12 bits per heavy atom. The minimum absolute atomic E-state index is 0.155. The van der Waals surface area contributed by atoms with E-state index in [1.165, 1.54) is 14.2 Å². The van der Waals surface area contributed by atoms with E-state index in [1.807, 2.05) is 0 Å². The zero-order valence-corrected chi connectivity index (χ0v) is 9.89. The molecule has 0 spiro atoms. The number of hydrogen-bond acceptors (Lipinski definition) is 5. The third-order valence-corrected chi connectivity index (χ3v) is 2.35. The molecule has 6 heteroatoms. The first-order chi connectivity index (χ1) is 7.70. The quantitative estimate of drug-likeness (QED) is 0.523. The van der Waals surface area contributed by atoms with Crippen LogP contribution in [-0.4, -0.2) is 49.5 Å². The van der Waals surface area contributed by atoms with Crippen LogP contribution < -0.4 is 0 Å². The Kier molecular flexibility index (Phi) is 4.75. The number of nitrogens with zero attached hydrogens (tertiary/aromatic N) is 3. The van der Waals surface area contributed by atoms with Gasteiger partial charge in [0.05, 0.1) is 0 Å². The van der Waals surface area contributed by atoms with E-state index in [2.05, 4.69) is 20.0 Å². The maximum absolute atomic E-state index is 12.0. The number of oxime groups is 2. The highest BCUT2D eigenvalue weighted by Gasteiger charge is 2.25. The fraction of sp³-hybridized carbons (Fsp3) is 0.700. The van der Waals surface area contributed by atoms with Gasteiger partial charge < -0.3 is 14.6 Å². The molecule has 90 valence electrons. The van der Waals surface area contributed by atoms with Gasteiger partial charge in [0.25, 0.3) is 5.91 Å². The van der Waals surface area contributed by atoms with Crippen molar-refractivity contribution in [3.63, 3.8) is 0 Å². The number of carbonyl (C=O) groups is 1. The second-order valence-electron chi connectivity index (χ2n) is 3.48. The van der Waals surface area contributed by atoms with Crippen molar-refractivity contribution in [2.75, 3.05) is 27.3 Å². The van der Waals surface area contributed by atoms with E-state index in [-0.39, 0.29) is 11.6 Å². The van der Waals surface area contributed by atoms with Gasteiger partial charge in [0.15, 0.2) is 5.71 Å². The minimum Gasteiger partial charge on any atom is -0.399 e. The molecule has 0 saturated carbocycles. The predicted octanol–water partition coefficient (Wildman–Crippen LogP) is 0.633. The zero-order valence-electron chi connectivity index (χ0n) is 9.89. The summed E-state index contributed by atoms with van der Waals surface area (Å²) < 4.78 is 0. The van der Waals surface area contributed by atoms with Crippen LogP contribution in [-0.2, 0) is 14.5 Å². The van der Waals surface area contributed by atoms with Crippen LogP contribution in [0.15, 0.2) is 10.3 Å². The molecule has 0 aromatic heterocycles. The molecule has 1 aliphatic rings. The van der Waals surface area contributed by atoms with E-state index in [9.17, 15) is 4.79 Å². The van der Waals surface area contributed by atoms with E-state index in [4.69, 9.17) is 0 Å². The summed E-state index contributed by atoms with van der Waals surface area (Å²) in [6.45, 7) is 3.19. The maximum Gasteiger partial charge on any atom is 0.277 e. The van der Waals surface area contributed by atoms with E-state index >= 15 is 0 Å². The normalized spacial score (nSPS) is 17.6. The molecule has 0 N–H and O–H groups in total. The highest BCUT2D eigenvalue weighted by Crippen LogP contribution is 2.08. The second kappa shape index (κ2) is 6.09. The Hall–Kier alpha value is -1.59. The van der Waals surface area contributed by atoms with Gasteiger partial charge in [0.1, 0.15) is 19.9 Å². The molecule has 1 aliphatic heterocycles. The summed E-state index contributed by atoms with van der Waals surface area (Å²) in [6, 6.07) is 0. The molecule has 6 nitrogen and oxygen atoms in total. The Bertz CT molecular complexity index is 306. The Balaban J connectivity index is 2.81. The topological polar surface area (TPSA) is 63.5 Å². The maximum atomic E-state index is 12.0. The molecule has 1 rings (SSSR count). The van der Waals surface area contributed by atoms with Crippen LogP contribution in [0.25, 0.3) is 0 Å². The summed E-state index contributed by atoms with van der Waals surface area (Å²) in [4.78, 5) is 23.1. The summed E-state index contributed by atoms with van der Waals surface area (Å²) in [5.74, 6) is -0.155. The standard InChI is InChI=1S/C10H17N3O3/c1-8(11-15-2)9(12-16-3)10(14)13-6-4-5-7-13/h4-7H2,1-3H3. The Labute approximate surface area is 94.9 Å². The summed E-state index contributed by atoms with van der Waals surface area (Å²) >= 11 is 0. The molecule has 0 aromatic carbocycles. The summed E-state index contributed by atoms with van der Waals surface area (Å²) in [7, 11) is 2.82. The smallest absolute Gasteiger partial charge is 0.277 e. The molecule has 1 heterocycles. The van der Waals surface area contributed by atoms with Crippen LogP contribution in [0.2, 0.25) is 0 Å². The lowest BCUT2D eigenvalue weighted by atomic mass is 10.2. The van der Waals surface area contributed by atoms with E-state index < -0.39 is 0 Å². The average molecular weight is 227 g/mol. The zero-order chi connectivity index (χ0) is 12.0. The lowest BCUT2D eigenvalue weighted by Crippen LogP contribution is -2.37. The fourth-order valence-corrected chi connectivity index (χ4v) is 1.60. The average Bonchev–Trinajstić information content (AvgIpc) is 2.78. The van der Waals surface area contributed by atoms with Crippen LogP contribution in [0.3, 0.4) is 0 Å². The van der Waals surface area contributed by atoms with Gasteiger partial charge in [-0.05, 0) is 19.8 Å². The molecular weight excluding hydrogens is 210 g/mol. The largest absolute Gasteiger partial charge is 0.399 e. The molecule has 0 aromatic rings. The SMILES string of the molecule is CON=C(C)C(=NOC)C(=O)N1CCCC1. The van der Waals surface area contributed by atoms with Crippen LogP contribution in [0.4, 0.5) is 0 Å². The van der Waals surface area contributed by atoms with Crippen LogP contribution in [0, 0.1) is 0 Å². The van der Waals surface area contributed by atoms with Crippen LogP contribution in [0.5, 0.6) is 0 Å². The third kappa shape index (κ3) is 2.95. The molecule has 0 bridgehead atoms. The molecule has 16 heavy (non-hydrogen) atoms. The number of amides is 1. The Morgan fingerprint density at radius 2 is 1.69 bits per heavy atom. The van der Waals surface area contributed by atoms with Crippen LogP contribution >= 0.6 is 0 Å². The van der Waals surface area contributed by atoms with Gasteiger partial charge in [-0.25, -0.2) is 0 Å². The first-order valence-electron chi connectivity index (χ1n) is 5.19. The summed E-state index contributed by atoms with van der Waals surface area (Å²) in [6.07, 6.45) is 2.07. The number of carbonyl (C=O) groups excluding carboxylic acids is 1. The molecule has 1 amide bonds. The second-order valence-corrected chi connectivity index (χ2v) is 3.48. The van der Waals surface area contributed by atoms with Crippen molar-refractivity contribution < 1.29 is 14.5 Å². The van der Waals surface area contributed by atoms with Gasteiger partial charge in [-0.2, -0.15) is 0 Å². The van der Waals surface area contributed by atoms with Crippen molar-refractivity contribution in [1.82, 2.24) is 4.90 Å². The van der Waals surface area contributed by atoms with Crippen molar-refractivity contribution in [3.8, 4) is 0 Å².